The molecular formula is C23H27Cl2FN8O3. The van der Waals surface area contributed by atoms with Crippen LogP contribution in [0, 0.1) is 5.82 Å². The van der Waals surface area contributed by atoms with Gasteiger partial charge in [0.05, 0.1) is 23.8 Å². The minimum absolute atomic E-state index is 0.0160. The molecule has 3 rings (SSSR count). The van der Waals surface area contributed by atoms with E-state index in [2.05, 4.69) is 31.1 Å². The summed E-state index contributed by atoms with van der Waals surface area (Å²) in [7, 11) is 1.61. The van der Waals surface area contributed by atoms with E-state index in [-0.39, 0.29) is 23.1 Å². The molecule has 11 nitrogen and oxygen atoms in total. The summed E-state index contributed by atoms with van der Waals surface area (Å²) < 4.78 is 20.4. The molecular weight excluding hydrogens is 526 g/mol. The molecule has 0 unspecified atom stereocenters. The van der Waals surface area contributed by atoms with Gasteiger partial charge in [-0.1, -0.05) is 23.2 Å². The SMILES string of the molecule is CCN(NC(=O)OC(C)(C)C)C(=O)N[C@H](C)c1ncc(-c2cc(Cl)cc(Cl)c2-c2nnn(C)n2)cc1F. The number of nitrogens with zero attached hydrogens (tertiary/aromatic N) is 6. The van der Waals surface area contributed by atoms with Crippen molar-refractivity contribution in [2.24, 2.45) is 7.05 Å². The minimum Gasteiger partial charge on any atom is -0.443 e. The molecule has 14 heteroatoms. The number of pyridine rings is 1. The number of halogens is 3. The van der Waals surface area contributed by atoms with E-state index >= 15 is 4.39 Å². The van der Waals surface area contributed by atoms with Crippen molar-refractivity contribution < 1.29 is 18.7 Å². The van der Waals surface area contributed by atoms with Crippen LogP contribution in [0.5, 0.6) is 0 Å². The molecule has 1 aromatic carbocycles. The van der Waals surface area contributed by atoms with E-state index in [4.69, 9.17) is 27.9 Å². The highest BCUT2D eigenvalue weighted by Gasteiger charge is 2.24. The van der Waals surface area contributed by atoms with Gasteiger partial charge in [0, 0.05) is 28.9 Å². The van der Waals surface area contributed by atoms with Gasteiger partial charge in [-0.15, -0.1) is 10.2 Å². The molecule has 0 radical (unpaired) electrons. The maximum Gasteiger partial charge on any atom is 0.426 e. The molecule has 2 heterocycles. The highest BCUT2D eigenvalue weighted by atomic mass is 35.5. The number of hydrazine groups is 1. The van der Waals surface area contributed by atoms with Gasteiger partial charge in [0.25, 0.3) is 0 Å². The number of amides is 3. The van der Waals surface area contributed by atoms with E-state index in [1.165, 1.54) is 23.1 Å². The molecule has 0 aliphatic heterocycles. The summed E-state index contributed by atoms with van der Waals surface area (Å²) in [6.45, 7) is 8.47. The van der Waals surface area contributed by atoms with Crippen LogP contribution in [-0.4, -0.2) is 54.5 Å². The van der Waals surface area contributed by atoms with Crippen molar-refractivity contribution in [2.75, 3.05) is 6.54 Å². The molecule has 3 aromatic rings. The first-order chi connectivity index (χ1) is 17.3. The predicted octanol–water partition coefficient (Wildman–Crippen LogP) is 4.92. The first-order valence-corrected chi connectivity index (χ1v) is 12.0. The van der Waals surface area contributed by atoms with Gasteiger partial charge in [0.1, 0.15) is 11.4 Å². The Morgan fingerprint density at radius 1 is 1.24 bits per heavy atom. The van der Waals surface area contributed by atoms with Gasteiger partial charge in [-0.3, -0.25) is 4.98 Å². The summed E-state index contributed by atoms with van der Waals surface area (Å²) in [6, 6.07) is 2.88. The Balaban J connectivity index is 1.83. The van der Waals surface area contributed by atoms with Gasteiger partial charge in [0.2, 0.25) is 5.82 Å². The van der Waals surface area contributed by atoms with Gasteiger partial charge in [0.15, 0.2) is 0 Å². The number of nitrogens with one attached hydrogen (secondary N) is 2. The van der Waals surface area contributed by atoms with Crippen molar-refractivity contribution in [3.63, 3.8) is 0 Å². The van der Waals surface area contributed by atoms with Crippen LogP contribution >= 0.6 is 23.2 Å². The predicted molar refractivity (Wildman–Crippen MR) is 136 cm³/mol. The number of rotatable bonds is 5. The van der Waals surface area contributed by atoms with Crippen LogP contribution < -0.4 is 10.7 Å². The molecule has 0 aliphatic carbocycles. The summed E-state index contributed by atoms with van der Waals surface area (Å²) in [6.07, 6.45) is 0.638. The number of tetrazole rings is 1. The summed E-state index contributed by atoms with van der Waals surface area (Å²) in [5, 5.41) is 16.2. The number of aryl methyl sites for hydroxylation is 1. The summed E-state index contributed by atoms with van der Waals surface area (Å²) in [4.78, 5) is 30.2. The quantitative estimate of drug-likeness (QED) is 0.430. The third-order valence-electron chi connectivity index (χ3n) is 4.90. The fourth-order valence-corrected chi connectivity index (χ4v) is 3.92. The number of ether oxygens (including phenoxy) is 1. The van der Waals surface area contributed by atoms with Crippen LogP contribution in [0.4, 0.5) is 14.0 Å². The molecule has 0 saturated carbocycles. The maximum absolute atomic E-state index is 15.2. The zero-order chi connectivity index (χ0) is 27.5. The molecule has 198 valence electrons. The average Bonchev–Trinajstić information content (AvgIpc) is 3.20. The monoisotopic (exact) mass is 552 g/mol. The van der Waals surface area contributed by atoms with Crippen LogP contribution in [-0.2, 0) is 11.8 Å². The van der Waals surface area contributed by atoms with E-state index in [9.17, 15) is 9.59 Å². The zero-order valence-electron chi connectivity index (χ0n) is 21.1. The van der Waals surface area contributed by atoms with Crippen LogP contribution in [0.15, 0.2) is 24.4 Å². The Labute approximate surface area is 223 Å². The second-order valence-corrected chi connectivity index (χ2v) is 9.88. The number of hydrogen-bond acceptors (Lipinski definition) is 7. The molecule has 1 atom stereocenters. The van der Waals surface area contributed by atoms with Crippen molar-refractivity contribution in [1.29, 1.82) is 0 Å². The Morgan fingerprint density at radius 3 is 2.51 bits per heavy atom. The molecule has 0 saturated heterocycles. The lowest BCUT2D eigenvalue weighted by Gasteiger charge is -2.26. The van der Waals surface area contributed by atoms with E-state index in [0.29, 0.717) is 21.7 Å². The highest BCUT2D eigenvalue weighted by Crippen LogP contribution is 2.38. The molecule has 2 aromatic heterocycles. The van der Waals surface area contributed by atoms with E-state index < -0.39 is 29.6 Å². The number of carbonyl (C=O) groups is 2. The number of urea groups is 1. The largest absolute Gasteiger partial charge is 0.443 e. The van der Waals surface area contributed by atoms with Crippen molar-refractivity contribution in [3.05, 3.63) is 46.0 Å². The van der Waals surface area contributed by atoms with Crippen molar-refractivity contribution in [3.8, 4) is 22.5 Å². The summed E-state index contributed by atoms with van der Waals surface area (Å²) >= 11 is 12.6. The lowest BCUT2D eigenvalue weighted by Crippen LogP contribution is -2.52. The molecule has 37 heavy (non-hydrogen) atoms. The van der Waals surface area contributed by atoms with Crippen LogP contribution in [0.25, 0.3) is 22.5 Å². The smallest absolute Gasteiger partial charge is 0.426 e. The lowest BCUT2D eigenvalue weighted by atomic mass is 9.99. The number of carbonyl (C=O) groups excluding carboxylic acids is 2. The fourth-order valence-electron chi connectivity index (χ4n) is 3.34. The molecule has 0 bridgehead atoms. The Bertz CT molecular complexity index is 1310. The number of benzene rings is 1. The van der Waals surface area contributed by atoms with Gasteiger partial charge in [-0.05, 0) is 63.6 Å². The van der Waals surface area contributed by atoms with Crippen molar-refractivity contribution in [2.45, 2.75) is 46.3 Å². The molecule has 0 aliphatic rings. The van der Waals surface area contributed by atoms with Crippen molar-refractivity contribution >= 4 is 35.3 Å². The highest BCUT2D eigenvalue weighted by molar-refractivity contribution is 6.37. The summed E-state index contributed by atoms with van der Waals surface area (Å²) in [5.74, 6) is -0.441. The zero-order valence-corrected chi connectivity index (χ0v) is 22.6. The normalized spacial score (nSPS) is 12.1. The van der Waals surface area contributed by atoms with Crippen molar-refractivity contribution in [1.82, 2.24) is 40.9 Å². The Morgan fingerprint density at radius 2 is 1.95 bits per heavy atom. The van der Waals surface area contributed by atoms with Gasteiger partial charge < -0.3 is 10.1 Å². The van der Waals surface area contributed by atoms with Gasteiger partial charge in [-0.2, -0.15) is 4.80 Å². The van der Waals surface area contributed by atoms with Crippen LogP contribution in [0.3, 0.4) is 0 Å². The third kappa shape index (κ3) is 7.04. The minimum atomic E-state index is -0.833. The standard InChI is InChI=1S/C23H27Cl2FN8O3/c1-7-34(31-22(36)37-23(3,4)5)21(35)28-12(2)19-17(26)8-13(11-27-19)15-9-14(24)10-16(25)18(15)20-29-32-33(6)30-20/h8-12H,7H2,1-6H3,(H,28,35)(H,31,36)/t12-/m1/s1. The van der Waals surface area contributed by atoms with E-state index in [1.807, 2.05) is 0 Å². The van der Waals surface area contributed by atoms with E-state index in [1.54, 1.807) is 47.7 Å². The number of aromatic nitrogens is 5. The number of hydrogen-bond donors (Lipinski definition) is 2. The topological polar surface area (TPSA) is 127 Å². The van der Waals surface area contributed by atoms with Crippen LogP contribution in [0.2, 0.25) is 10.0 Å². The molecule has 2 N–H and O–H groups in total. The first kappa shape index (κ1) is 28.1. The summed E-state index contributed by atoms with van der Waals surface area (Å²) in [5.41, 5.74) is 2.85. The first-order valence-electron chi connectivity index (χ1n) is 11.3. The molecule has 0 spiro atoms. The molecule has 0 fully saturated rings. The molecule has 3 amide bonds. The van der Waals surface area contributed by atoms with E-state index in [0.717, 1.165) is 5.01 Å². The average molecular weight is 553 g/mol. The second-order valence-electron chi connectivity index (χ2n) is 9.03. The second kappa shape index (κ2) is 11.3. The van der Waals surface area contributed by atoms with Gasteiger partial charge in [-0.25, -0.2) is 24.4 Å². The van der Waals surface area contributed by atoms with Crippen LogP contribution in [0.1, 0.15) is 46.4 Å². The lowest BCUT2D eigenvalue weighted by molar-refractivity contribution is 0.0381. The fraction of sp³-hybridized carbons (Fsp3) is 0.391. The Hall–Kier alpha value is -3.51. The third-order valence-corrected chi connectivity index (χ3v) is 5.42. The van der Waals surface area contributed by atoms with Gasteiger partial charge >= 0.3 is 12.1 Å². The maximum atomic E-state index is 15.2. The Kier molecular flexibility index (Phi) is 8.54.